The minimum atomic E-state index is -0.625. The number of rotatable bonds is 4. The quantitative estimate of drug-likeness (QED) is 0.755. The average Bonchev–Trinajstić information content (AvgIpc) is 3.12. The van der Waals surface area contributed by atoms with Gasteiger partial charge in [-0.05, 0) is 19.9 Å². The van der Waals surface area contributed by atoms with E-state index in [0.29, 0.717) is 39.8 Å². The second-order valence-electron chi connectivity index (χ2n) is 5.80. The number of carbonyl (C=O) groups is 2. The van der Waals surface area contributed by atoms with Crippen LogP contribution in [0.15, 0.2) is 12.1 Å². The summed E-state index contributed by atoms with van der Waals surface area (Å²) >= 11 is 0. The number of nitrogens with zero attached hydrogens (tertiary/aromatic N) is 1. The molecular weight excluding hydrogens is 354 g/mol. The van der Waals surface area contributed by atoms with Gasteiger partial charge in [0.1, 0.15) is 5.75 Å². The largest absolute Gasteiger partial charge is 0.496 e. The molecule has 0 fully saturated rings. The number of benzene rings is 1. The first-order valence-electron chi connectivity index (χ1n) is 8.08. The third-order valence-corrected chi connectivity index (χ3v) is 4.30. The van der Waals surface area contributed by atoms with Crippen LogP contribution in [-0.4, -0.2) is 45.0 Å². The predicted molar refractivity (Wildman–Crippen MR) is 94.5 cm³/mol. The van der Waals surface area contributed by atoms with E-state index in [0.717, 1.165) is 0 Å². The molecule has 0 amide bonds. The molecule has 0 unspecified atom stereocenters. The van der Waals surface area contributed by atoms with Crippen molar-refractivity contribution in [3.05, 3.63) is 34.6 Å². The van der Waals surface area contributed by atoms with Gasteiger partial charge in [0.15, 0.2) is 11.5 Å². The molecule has 0 aliphatic carbocycles. The lowest BCUT2D eigenvalue weighted by Crippen LogP contribution is -2.16. The summed E-state index contributed by atoms with van der Waals surface area (Å²) in [6.07, 6.45) is 0. The number of carbonyl (C=O) groups excluding carboxylic acids is 2. The zero-order valence-electron chi connectivity index (χ0n) is 15.7. The first-order valence-corrected chi connectivity index (χ1v) is 8.08. The molecule has 0 spiro atoms. The minimum absolute atomic E-state index is 0.0735. The molecule has 0 atom stereocenters. The summed E-state index contributed by atoms with van der Waals surface area (Å²) in [5, 5.41) is 0. The molecule has 1 aromatic heterocycles. The second kappa shape index (κ2) is 7.14. The molecule has 8 heteroatoms. The van der Waals surface area contributed by atoms with Crippen LogP contribution in [0.1, 0.15) is 32.1 Å². The summed E-state index contributed by atoms with van der Waals surface area (Å²) < 4.78 is 26.2. The highest BCUT2D eigenvalue weighted by atomic mass is 16.7. The van der Waals surface area contributed by atoms with Gasteiger partial charge in [-0.15, -0.1) is 0 Å². The van der Waals surface area contributed by atoms with E-state index in [1.807, 2.05) is 0 Å². The van der Waals surface area contributed by atoms with E-state index in [4.69, 9.17) is 23.7 Å². The second-order valence-corrected chi connectivity index (χ2v) is 5.80. The maximum absolute atomic E-state index is 12.5. The van der Waals surface area contributed by atoms with Gasteiger partial charge in [0.05, 0.1) is 43.8 Å². The molecule has 0 bridgehead atoms. The van der Waals surface area contributed by atoms with Gasteiger partial charge >= 0.3 is 11.9 Å². The average molecular weight is 373 g/mol. The Balaban J connectivity index is 2.44. The Hall–Kier alpha value is -3.29. The van der Waals surface area contributed by atoms with Gasteiger partial charge in [-0.1, -0.05) is 0 Å². The summed E-state index contributed by atoms with van der Waals surface area (Å²) in [6, 6.07) is 3.30. The van der Waals surface area contributed by atoms with E-state index in [1.54, 1.807) is 26.0 Å². The maximum Gasteiger partial charge on any atom is 0.340 e. The molecule has 0 N–H and O–H groups in total. The van der Waals surface area contributed by atoms with Crippen LogP contribution in [0.4, 0.5) is 0 Å². The lowest BCUT2D eigenvalue weighted by Gasteiger charge is -2.19. The molecule has 2 aromatic rings. The van der Waals surface area contributed by atoms with Crippen LogP contribution >= 0.6 is 0 Å². The van der Waals surface area contributed by atoms with Gasteiger partial charge in [-0.3, -0.25) is 4.98 Å². The number of aryl methyl sites for hydroxylation is 2. The van der Waals surface area contributed by atoms with Crippen LogP contribution in [-0.2, 0) is 9.47 Å². The maximum atomic E-state index is 12.5. The van der Waals surface area contributed by atoms with Crippen LogP contribution in [0, 0.1) is 13.8 Å². The highest BCUT2D eigenvalue weighted by Crippen LogP contribution is 2.45. The zero-order chi connectivity index (χ0) is 19.7. The van der Waals surface area contributed by atoms with Gasteiger partial charge in [0.25, 0.3) is 0 Å². The van der Waals surface area contributed by atoms with Gasteiger partial charge < -0.3 is 23.7 Å². The summed E-state index contributed by atoms with van der Waals surface area (Å²) in [4.78, 5) is 29.4. The van der Waals surface area contributed by atoms with Gasteiger partial charge in [-0.2, -0.15) is 0 Å². The highest BCUT2D eigenvalue weighted by Gasteiger charge is 2.30. The topological polar surface area (TPSA) is 93.2 Å². The van der Waals surface area contributed by atoms with Crippen molar-refractivity contribution in [1.29, 1.82) is 0 Å². The molecule has 1 aliphatic heterocycles. The van der Waals surface area contributed by atoms with E-state index in [1.165, 1.54) is 21.3 Å². The molecular formula is C19H19NO7. The number of hydrogen-bond acceptors (Lipinski definition) is 8. The van der Waals surface area contributed by atoms with Gasteiger partial charge in [0.2, 0.25) is 6.79 Å². The van der Waals surface area contributed by atoms with Crippen LogP contribution in [0.25, 0.3) is 11.1 Å². The summed E-state index contributed by atoms with van der Waals surface area (Å²) in [5.41, 5.74) is 1.93. The Bertz CT molecular complexity index is 896. The molecule has 8 nitrogen and oxygen atoms in total. The third kappa shape index (κ3) is 3.03. The Morgan fingerprint density at radius 3 is 1.93 bits per heavy atom. The molecule has 0 saturated heterocycles. The molecule has 1 aliphatic rings. The summed E-state index contributed by atoms with van der Waals surface area (Å²) in [5.74, 6) is 0.140. The van der Waals surface area contributed by atoms with Gasteiger partial charge in [-0.25, -0.2) is 9.59 Å². The van der Waals surface area contributed by atoms with Crippen molar-refractivity contribution in [2.45, 2.75) is 13.8 Å². The number of aromatic nitrogens is 1. The molecule has 2 heterocycles. The number of pyridine rings is 1. The Morgan fingerprint density at radius 1 is 0.926 bits per heavy atom. The van der Waals surface area contributed by atoms with Crippen LogP contribution in [0.5, 0.6) is 17.2 Å². The van der Waals surface area contributed by atoms with Crippen molar-refractivity contribution in [3.8, 4) is 28.4 Å². The molecule has 1 aromatic carbocycles. The summed E-state index contributed by atoms with van der Waals surface area (Å²) in [7, 11) is 4.01. The first kappa shape index (κ1) is 18.5. The Labute approximate surface area is 156 Å². The first-order chi connectivity index (χ1) is 12.9. The van der Waals surface area contributed by atoms with E-state index >= 15 is 0 Å². The molecule has 27 heavy (non-hydrogen) atoms. The normalized spacial score (nSPS) is 11.9. The number of fused-ring (bicyclic) bond motifs is 1. The SMILES string of the molecule is COC(=O)c1c(C)nc(C)c(C(=O)OC)c1-c1cc2c(cc1OC)OCO2. The number of methoxy groups -OCH3 is 3. The van der Waals surface area contributed by atoms with Crippen molar-refractivity contribution >= 4 is 11.9 Å². The predicted octanol–water partition coefficient (Wildman–Crippen LogP) is 2.68. The molecule has 0 radical (unpaired) electrons. The highest BCUT2D eigenvalue weighted by molar-refractivity contribution is 6.08. The fraction of sp³-hybridized carbons (Fsp3) is 0.316. The minimum Gasteiger partial charge on any atom is -0.496 e. The number of ether oxygens (including phenoxy) is 5. The summed E-state index contributed by atoms with van der Waals surface area (Å²) in [6.45, 7) is 3.41. The van der Waals surface area contributed by atoms with Crippen molar-refractivity contribution in [2.24, 2.45) is 0 Å². The van der Waals surface area contributed by atoms with Crippen LogP contribution < -0.4 is 14.2 Å². The Morgan fingerprint density at radius 2 is 1.44 bits per heavy atom. The van der Waals surface area contributed by atoms with E-state index in [2.05, 4.69) is 4.98 Å². The van der Waals surface area contributed by atoms with Crippen molar-refractivity contribution in [2.75, 3.05) is 28.1 Å². The molecule has 0 saturated carbocycles. The van der Waals surface area contributed by atoms with E-state index < -0.39 is 11.9 Å². The Kier molecular flexibility index (Phi) is 4.89. The lowest BCUT2D eigenvalue weighted by molar-refractivity contribution is 0.0599. The van der Waals surface area contributed by atoms with Gasteiger partial charge in [0, 0.05) is 17.2 Å². The fourth-order valence-corrected chi connectivity index (χ4v) is 3.11. The number of hydrogen-bond donors (Lipinski definition) is 0. The van der Waals surface area contributed by atoms with Crippen molar-refractivity contribution < 1.29 is 33.3 Å². The third-order valence-electron chi connectivity index (χ3n) is 4.30. The van der Waals surface area contributed by atoms with Crippen molar-refractivity contribution in [1.82, 2.24) is 4.98 Å². The van der Waals surface area contributed by atoms with E-state index in [9.17, 15) is 9.59 Å². The number of esters is 2. The standard InChI is InChI=1S/C19H19NO7/c1-9-15(18(21)24-4)17(16(10(2)20-9)19(22)25-5)11-6-13-14(27-8-26-13)7-12(11)23-3/h6-7H,8H2,1-5H3. The molecule has 142 valence electrons. The molecule has 3 rings (SSSR count). The smallest absolute Gasteiger partial charge is 0.340 e. The van der Waals surface area contributed by atoms with Crippen LogP contribution in [0.2, 0.25) is 0 Å². The fourth-order valence-electron chi connectivity index (χ4n) is 3.11. The zero-order valence-corrected chi connectivity index (χ0v) is 15.7. The van der Waals surface area contributed by atoms with Crippen LogP contribution in [0.3, 0.4) is 0 Å². The van der Waals surface area contributed by atoms with Crippen molar-refractivity contribution in [3.63, 3.8) is 0 Å². The monoisotopic (exact) mass is 373 g/mol. The lowest BCUT2D eigenvalue weighted by atomic mass is 9.91. The van der Waals surface area contributed by atoms with E-state index in [-0.39, 0.29) is 17.9 Å².